The molecule has 1 amide bonds. The summed E-state index contributed by atoms with van der Waals surface area (Å²) in [6, 6.07) is 19.9. The Hall–Kier alpha value is -3.47. The van der Waals surface area contributed by atoms with Gasteiger partial charge in [-0.05, 0) is 39.9 Å². The number of benzene rings is 3. The number of carbonyl (C=O) groups is 2. The quantitative estimate of drug-likeness (QED) is 0.714. The molecule has 0 saturated heterocycles. The first-order valence-corrected chi connectivity index (χ1v) is 9.00. The Morgan fingerprint density at radius 1 is 0.929 bits per heavy atom. The van der Waals surface area contributed by atoms with Crippen LogP contribution in [0.1, 0.15) is 22.6 Å². The molecule has 140 valence electrons. The van der Waals surface area contributed by atoms with Gasteiger partial charge in [-0.1, -0.05) is 60.7 Å². The van der Waals surface area contributed by atoms with Crippen molar-refractivity contribution in [1.29, 1.82) is 0 Å². The van der Waals surface area contributed by atoms with Gasteiger partial charge in [-0.2, -0.15) is 0 Å². The number of aliphatic carboxylic acids is 1. The molecular formula is C23H18FNO3. The highest BCUT2D eigenvalue weighted by Gasteiger charge is 2.35. The summed E-state index contributed by atoms with van der Waals surface area (Å²) < 4.78 is 13.4. The lowest BCUT2D eigenvalue weighted by atomic mass is 9.95. The SMILES string of the molecule is O=C(N[C@H](Cc1cccc(F)c1)C(=O)O)C1c2ccccc2-c2ccccc21. The standard InChI is InChI=1S/C23H18FNO3/c24-15-7-5-6-14(12-15)13-20(23(27)28)25-22(26)21-18-10-3-1-8-16(18)17-9-2-4-11-19(17)21/h1-12,20-21H,13H2,(H,25,26)(H,27,28)/t20-/m1/s1. The molecule has 0 spiro atoms. The fourth-order valence-corrected chi connectivity index (χ4v) is 3.79. The topological polar surface area (TPSA) is 66.4 Å². The van der Waals surface area contributed by atoms with Gasteiger partial charge >= 0.3 is 5.97 Å². The van der Waals surface area contributed by atoms with E-state index in [1.54, 1.807) is 6.07 Å². The van der Waals surface area contributed by atoms with Gasteiger partial charge in [-0.25, -0.2) is 9.18 Å². The molecule has 0 heterocycles. The van der Waals surface area contributed by atoms with Crippen molar-refractivity contribution in [2.45, 2.75) is 18.4 Å². The fourth-order valence-electron chi connectivity index (χ4n) is 3.79. The number of hydrogen-bond donors (Lipinski definition) is 2. The summed E-state index contributed by atoms with van der Waals surface area (Å²) in [5, 5.41) is 12.2. The summed E-state index contributed by atoms with van der Waals surface area (Å²) >= 11 is 0. The molecule has 0 unspecified atom stereocenters. The summed E-state index contributed by atoms with van der Waals surface area (Å²) in [4.78, 5) is 24.8. The van der Waals surface area contributed by atoms with Gasteiger partial charge < -0.3 is 10.4 Å². The van der Waals surface area contributed by atoms with E-state index >= 15 is 0 Å². The molecule has 1 aliphatic rings. The molecule has 0 saturated carbocycles. The number of carboxylic acids is 1. The third-order valence-electron chi connectivity index (χ3n) is 5.04. The smallest absolute Gasteiger partial charge is 0.326 e. The molecule has 2 N–H and O–H groups in total. The second-order valence-electron chi connectivity index (χ2n) is 6.84. The highest BCUT2D eigenvalue weighted by atomic mass is 19.1. The highest BCUT2D eigenvalue weighted by Crippen LogP contribution is 2.44. The zero-order valence-corrected chi connectivity index (χ0v) is 14.9. The Balaban J connectivity index is 1.62. The molecule has 3 aromatic carbocycles. The molecule has 28 heavy (non-hydrogen) atoms. The lowest BCUT2D eigenvalue weighted by Gasteiger charge is -2.19. The maximum absolute atomic E-state index is 13.4. The van der Waals surface area contributed by atoms with E-state index < -0.39 is 23.7 Å². The molecule has 0 aliphatic heterocycles. The van der Waals surface area contributed by atoms with Crippen molar-refractivity contribution in [2.75, 3.05) is 0 Å². The Morgan fingerprint density at radius 2 is 1.54 bits per heavy atom. The van der Waals surface area contributed by atoms with Gasteiger partial charge in [0, 0.05) is 6.42 Å². The number of carboxylic acid groups (broad SMARTS) is 1. The van der Waals surface area contributed by atoms with Gasteiger partial charge in [0.25, 0.3) is 0 Å². The first-order chi connectivity index (χ1) is 13.5. The van der Waals surface area contributed by atoms with Crippen molar-refractivity contribution in [2.24, 2.45) is 0 Å². The predicted octanol–water partition coefficient (Wildman–Crippen LogP) is 3.75. The van der Waals surface area contributed by atoms with Gasteiger partial charge in [0.2, 0.25) is 5.91 Å². The minimum absolute atomic E-state index is 0.00878. The van der Waals surface area contributed by atoms with Crippen LogP contribution in [0.3, 0.4) is 0 Å². The lowest BCUT2D eigenvalue weighted by molar-refractivity contribution is -0.141. The average molecular weight is 375 g/mol. The Bertz CT molecular complexity index is 1020. The predicted molar refractivity (Wildman–Crippen MR) is 103 cm³/mol. The van der Waals surface area contributed by atoms with Crippen LogP contribution in [-0.4, -0.2) is 23.0 Å². The minimum atomic E-state index is -1.16. The first-order valence-electron chi connectivity index (χ1n) is 9.00. The van der Waals surface area contributed by atoms with Gasteiger partial charge in [0.1, 0.15) is 11.9 Å². The number of amides is 1. The number of fused-ring (bicyclic) bond motifs is 3. The van der Waals surface area contributed by atoms with Crippen molar-refractivity contribution in [3.05, 3.63) is 95.3 Å². The molecule has 1 aliphatic carbocycles. The van der Waals surface area contributed by atoms with Gasteiger partial charge in [-0.15, -0.1) is 0 Å². The van der Waals surface area contributed by atoms with Crippen LogP contribution >= 0.6 is 0 Å². The highest BCUT2D eigenvalue weighted by molar-refractivity contribution is 5.97. The van der Waals surface area contributed by atoms with Crippen molar-refractivity contribution < 1.29 is 19.1 Å². The first kappa shape index (κ1) is 17.9. The van der Waals surface area contributed by atoms with Crippen LogP contribution in [0.4, 0.5) is 4.39 Å². The third-order valence-corrected chi connectivity index (χ3v) is 5.04. The number of hydrogen-bond acceptors (Lipinski definition) is 2. The second-order valence-corrected chi connectivity index (χ2v) is 6.84. The minimum Gasteiger partial charge on any atom is -0.480 e. The lowest BCUT2D eigenvalue weighted by Crippen LogP contribution is -2.44. The molecule has 4 rings (SSSR count). The molecule has 1 atom stereocenters. The van der Waals surface area contributed by atoms with Crippen molar-refractivity contribution in [1.82, 2.24) is 5.32 Å². The number of carbonyl (C=O) groups excluding carboxylic acids is 1. The molecule has 3 aromatic rings. The van der Waals surface area contributed by atoms with E-state index in [2.05, 4.69) is 5.32 Å². The maximum Gasteiger partial charge on any atom is 0.326 e. The van der Waals surface area contributed by atoms with E-state index in [9.17, 15) is 19.1 Å². The second kappa shape index (κ2) is 7.27. The molecule has 0 aromatic heterocycles. The van der Waals surface area contributed by atoms with Crippen molar-refractivity contribution in [3.8, 4) is 11.1 Å². The number of halogens is 1. The van der Waals surface area contributed by atoms with Crippen LogP contribution in [-0.2, 0) is 16.0 Å². The number of rotatable bonds is 5. The molecule has 0 radical (unpaired) electrons. The van der Waals surface area contributed by atoms with Crippen LogP contribution < -0.4 is 5.32 Å². The summed E-state index contributed by atoms with van der Waals surface area (Å²) in [6.07, 6.45) is 0.00878. The van der Waals surface area contributed by atoms with E-state index in [0.29, 0.717) is 5.56 Å². The summed E-state index contributed by atoms with van der Waals surface area (Å²) in [7, 11) is 0. The zero-order chi connectivity index (χ0) is 19.7. The van der Waals surface area contributed by atoms with Crippen LogP contribution in [0.2, 0.25) is 0 Å². The third kappa shape index (κ3) is 3.27. The van der Waals surface area contributed by atoms with Gasteiger partial charge in [0.05, 0.1) is 5.92 Å². The van der Waals surface area contributed by atoms with E-state index in [4.69, 9.17) is 0 Å². The fraction of sp³-hybridized carbons (Fsp3) is 0.130. The van der Waals surface area contributed by atoms with Crippen molar-refractivity contribution in [3.63, 3.8) is 0 Å². The Morgan fingerprint density at radius 3 is 2.11 bits per heavy atom. The van der Waals surface area contributed by atoms with E-state index in [0.717, 1.165) is 22.3 Å². The van der Waals surface area contributed by atoms with Crippen LogP contribution in [0, 0.1) is 5.82 Å². The summed E-state index contributed by atoms with van der Waals surface area (Å²) in [5.74, 6) is -2.54. The van der Waals surface area contributed by atoms with Crippen LogP contribution in [0.25, 0.3) is 11.1 Å². The molecular weight excluding hydrogens is 357 g/mol. The largest absolute Gasteiger partial charge is 0.480 e. The van der Waals surface area contributed by atoms with E-state index in [1.807, 2.05) is 48.5 Å². The van der Waals surface area contributed by atoms with Gasteiger partial charge in [0.15, 0.2) is 0 Å². The summed E-state index contributed by atoms with van der Waals surface area (Å²) in [6.45, 7) is 0. The van der Waals surface area contributed by atoms with Crippen LogP contribution in [0.15, 0.2) is 72.8 Å². The Labute approximate surface area is 161 Å². The number of nitrogens with one attached hydrogen (secondary N) is 1. The molecule has 5 heteroatoms. The Kier molecular flexibility index (Phi) is 4.65. The molecule has 0 bridgehead atoms. The summed E-state index contributed by atoms with van der Waals surface area (Å²) in [5.41, 5.74) is 4.19. The normalized spacial score (nSPS) is 13.5. The van der Waals surface area contributed by atoms with Crippen molar-refractivity contribution >= 4 is 11.9 Å². The van der Waals surface area contributed by atoms with E-state index in [-0.39, 0.29) is 12.3 Å². The molecule has 0 fully saturated rings. The zero-order valence-electron chi connectivity index (χ0n) is 14.9. The maximum atomic E-state index is 13.4. The average Bonchev–Trinajstić information content (AvgIpc) is 3.02. The van der Waals surface area contributed by atoms with E-state index in [1.165, 1.54) is 18.2 Å². The monoisotopic (exact) mass is 375 g/mol. The molecule has 4 nitrogen and oxygen atoms in total. The van der Waals surface area contributed by atoms with Gasteiger partial charge in [-0.3, -0.25) is 4.79 Å². The van der Waals surface area contributed by atoms with Crippen LogP contribution in [0.5, 0.6) is 0 Å².